The van der Waals surface area contributed by atoms with Crippen molar-refractivity contribution >= 4 is 17.1 Å². The summed E-state index contributed by atoms with van der Waals surface area (Å²) in [5.41, 5.74) is 11.4. The minimum atomic E-state index is 0.0929. The second kappa shape index (κ2) is 12.5. The summed E-state index contributed by atoms with van der Waals surface area (Å²) in [5, 5.41) is 0. The highest BCUT2D eigenvalue weighted by atomic mass is 15.1. The molecule has 0 heterocycles. The molecule has 0 N–H and O–H groups in total. The van der Waals surface area contributed by atoms with Gasteiger partial charge in [-0.3, -0.25) is 0 Å². The first-order valence-corrected chi connectivity index (χ1v) is 15.5. The molecule has 5 aromatic rings. The van der Waals surface area contributed by atoms with Crippen LogP contribution in [0.25, 0.3) is 11.1 Å². The van der Waals surface area contributed by atoms with E-state index in [9.17, 15) is 0 Å². The van der Waals surface area contributed by atoms with Gasteiger partial charge in [-0.05, 0) is 95.8 Å². The van der Waals surface area contributed by atoms with Gasteiger partial charge in [-0.1, -0.05) is 118 Å². The molecule has 208 valence electrons. The molecule has 0 saturated heterocycles. The fraction of sp³-hybridized carbons (Fsp3) is 0.220. The van der Waals surface area contributed by atoms with E-state index in [1.807, 2.05) is 0 Å². The summed E-state index contributed by atoms with van der Waals surface area (Å²) >= 11 is 0. The normalized spacial score (nSPS) is 12.6. The second-order valence-corrected chi connectivity index (χ2v) is 11.4. The zero-order valence-electron chi connectivity index (χ0n) is 24.8. The molecule has 0 amide bonds. The van der Waals surface area contributed by atoms with Crippen molar-refractivity contribution in [2.45, 2.75) is 57.8 Å². The summed E-state index contributed by atoms with van der Waals surface area (Å²) in [5.74, 6) is 6.98. The van der Waals surface area contributed by atoms with Crippen molar-refractivity contribution in [3.63, 3.8) is 0 Å². The molecule has 0 bridgehead atoms. The highest BCUT2D eigenvalue weighted by Crippen LogP contribution is 2.54. The molecule has 0 atom stereocenters. The maximum absolute atomic E-state index is 3.52. The van der Waals surface area contributed by atoms with E-state index in [0.717, 1.165) is 28.2 Å². The first kappa shape index (κ1) is 27.6. The highest BCUT2D eigenvalue weighted by molar-refractivity contribution is 5.82. The largest absolute Gasteiger partial charge is 0.311 e. The Morgan fingerprint density at radius 3 is 1.62 bits per heavy atom. The fourth-order valence-electron chi connectivity index (χ4n) is 6.59. The van der Waals surface area contributed by atoms with E-state index < -0.39 is 0 Å². The van der Waals surface area contributed by atoms with Crippen molar-refractivity contribution in [1.29, 1.82) is 0 Å². The summed E-state index contributed by atoms with van der Waals surface area (Å²) in [6.45, 7) is 4.61. The van der Waals surface area contributed by atoms with E-state index in [0.29, 0.717) is 0 Å². The Balaban J connectivity index is 1.32. The van der Waals surface area contributed by atoms with Gasteiger partial charge in [0.15, 0.2) is 0 Å². The van der Waals surface area contributed by atoms with Crippen LogP contribution >= 0.6 is 0 Å². The first-order chi connectivity index (χ1) is 20.7. The van der Waals surface area contributed by atoms with E-state index in [-0.39, 0.29) is 5.41 Å². The lowest BCUT2D eigenvalue weighted by Crippen LogP contribution is -2.25. The van der Waals surface area contributed by atoms with Crippen LogP contribution in [0.1, 0.15) is 74.6 Å². The molecule has 0 radical (unpaired) electrons. The lowest BCUT2D eigenvalue weighted by atomic mass is 9.70. The number of fused-ring (bicyclic) bond motifs is 3. The van der Waals surface area contributed by atoms with Crippen molar-refractivity contribution in [2.24, 2.45) is 0 Å². The van der Waals surface area contributed by atoms with Crippen LogP contribution in [0, 0.1) is 11.8 Å². The summed E-state index contributed by atoms with van der Waals surface area (Å²) < 4.78 is 0. The van der Waals surface area contributed by atoms with Crippen LogP contribution in [0.4, 0.5) is 17.1 Å². The smallest absolute Gasteiger partial charge is 0.0462 e. The number of rotatable bonds is 9. The fourth-order valence-corrected chi connectivity index (χ4v) is 6.59. The van der Waals surface area contributed by atoms with Gasteiger partial charge in [0, 0.05) is 33.6 Å². The Morgan fingerprint density at radius 1 is 0.500 bits per heavy atom. The van der Waals surface area contributed by atoms with Crippen molar-refractivity contribution in [1.82, 2.24) is 0 Å². The van der Waals surface area contributed by atoms with Gasteiger partial charge in [0.2, 0.25) is 0 Å². The molecular weight excluding hydrogens is 506 g/mol. The third-order valence-electron chi connectivity index (χ3n) is 8.69. The summed E-state index contributed by atoms with van der Waals surface area (Å²) in [7, 11) is 0. The Kier molecular flexibility index (Phi) is 8.25. The van der Waals surface area contributed by atoms with Crippen molar-refractivity contribution < 1.29 is 0 Å². The monoisotopic (exact) mass is 545 g/mol. The van der Waals surface area contributed by atoms with Gasteiger partial charge >= 0.3 is 0 Å². The quantitative estimate of drug-likeness (QED) is 0.167. The second-order valence-electron chi connectivity index (χ2n) is 11.4. The average Bonchev–Trinajstić information content (AvgIpc) is 3.32. The Bertz CT molecular complexity index is 1640. The molecule has 6 rings (SSSR count). The molecular formula is C41H39N. The van der Waals surface area contributed by atoms with Crippen molar-refractivity contribution in [3.05, 3.63) is 150 Å². The highest BCUT2D eigenvalue weighted by Gasteiger charge is 2.41. The number of anilines is 3. The predicted molar refractivity (Wildman–Crippen MR) is 179 cm³/mol. The van der Waals surface area contributed by atoms with E-state index >= 15 is 0 Å². The van der Waals surface area contributed by atoms with Gasteiger partial charge in [0.25, 0.3) is 0 Å². The molecule has 0 saturated carbocycles. The number of benzene rings is 5. The predicted octanol–water partition coefficient (Wildman–Crippen LogP) is 11.2. The lowest BCUT2D eigenvalue weighted by molar-refractivity contribution is 0.414. The topological polar surface area (TPSA) is 3.24 Å². The zero-order valence-corrected chi connectivity index (χ0v) is 24.8. The van der Waals surface area contributed by atoms with Crippen LogP contribution in [-0.4, -0.2) is 0 Å². The van der Waals surface area contributed by atoms with Gasteiger partial charge in [-0.2, -0.15) is 0 Å². The molecule has 0 aromatic heterocycles. The van der Waals surface area contributed by atoms with E-state index in [1.165, 1.54) is 60.8 Å². The molecule has 5 aromatic carbocycles. The minimum Gasteiger partial charge on any atom is -0.311 e. The van der Waals surface area contributed by atoms with Crippen LogP contribution < -0.4 is 4.90 Å². The third kappa shape index (κ3) is 5.38. The van der Waals surface area contributed by atoms with E-state index in [4.69, 9.17) is 0 Å². The van der Waals surface area contributed by atoms with E-state index in [2.05, 4.69) is 158 Å². The zero-order chi connectivity index (χ0) is 28.8. The third-order valence-corrected chi connectivity index (χ3v) is 8.69. The maximum Gasteiger partial charge on any atom is 0.0462 e. The number of hydrogen-bond acceptors (Lipinski definition) is 1. The Labute approximate surface area is 251 Å². The molecule has 0 fully saturated rings. The van der Waals surface area contributed by atoms with Gasteiger partial charge in [0.1, 0.15) is 0 Å². The Hall–Kier alpha value is -4.54. The number of para-hydroxylation sites is 2. The van der Waals surface area contributed by atoms with Crippen LogP contribution in [0.2, 0.25) is 0 Å². The number of nitrogens with zero attached hydrogens (tertiary/aromatic N) is 1. The minimum absolute atomic E-state index is 0.0929. The molecule has 0 unspecified atom stereocenters. The van der Waals surface area contributed by atoms with Gasteiger partial charge in [-0.15, -0.1) is 0 Å². The SMILES string of the molecule is CCCCC1(CCCC)c2ccccc2-c2ccc(C#Cc3ccc(N(c4ccccc4)c4ccccc4)cc3)cc21. The molecule has 0 aliphatic heterocycles. The van der Waals surface area contributed by atoms with Crippen LogP contribution in [-0.2, 0) is 5.41 Å². The van der Waals surface area contributed by atoms with E-state index in [1.54, 1.807) is 0 Å². The Morgan fingerprint density at radius 2 is 1.00 bits per heavy atom. The molecule has 42 heavy (non-hydrogen) atoms. The number of unbranched alkanes of at least 4 members (excludes halogenated alkanes) is 2. The average molecular weight is 546 g/mol. The maximum atomic E-state index is 3.52. The summed E-state index contributed by atoms with van der Waals surface area (Å²) in [4.78, 5) is 2.28. The van der Waals surface area contributed by atoms with Crippen LogP contribution in [0.5, 0.6) is 0 Å². The molecule has 1 aliphatic carbocycles. The van der Waals surface area contributed by atoms with Crippen molar-refractivity contribution in [3.8, 4) is 23.0 Å². The van der Waals surface area contributed by atoms with Crippen LogP contribution in [0.15, 0.2) is 127 Å². The lowest BCUT2D eigenvalue weighted by Gasteiger charge is -2.32. The van der Waals surface area contributed by atoms with Gasteiger partial charge < -0.3 is 4.90 Å². The van der Waals surface area contributed by atoms with Crippen molar-refractivity contribution in [2.75, 3.05) is 4.90 Å². The van der Waals surface area contributed by atoms with Crippen LogP contribution in [0.3, 0.4) is 0 Å². The molecule has 1 nitrogen and oxygen atoms in total. The first-order valence-electron chi connectivity index (χ1n) is 15.5. The van der Waals surface area contributed by atoms with Gasteiger partial charge in [-0.25, -0.2) is 0 Å². The molecule has 1 heteroatoms. The standard InChI is InChI=1S/C41H39N/c1-3-5-29-41(30-6-4-2)39-20-14-13-19-37(39)38-28-25-33(31-40(38)41)22-21-32-23-26-36(27-24-32)42(34-15-9-7-10-16-34)35-17-11-8-12-18-35/h7-20,23-28,31H,3-6,29-30H2,1-2H3. The molecule has 0 spiro atoms. The van der Waals surface area contributed by atoms with Gasteiger partial charge in [0.05, 0.1) is 0 Å². The molecule has 1 aliphatic rings. The summed E-state index contributed by atoms with van der Waals surface area (Å²) in [6, 6.07) is 45.7. The summed E-state index contributed by atoms with van der Waals surface area (Å²) in [6.07, 6.45) is 7.31. The number of hydrogen-bond donors (Lipinski definition) is 0.